The zero-order valence-corrected chi connectivity index (χ0v) is 15.4. The lowest BCUT2D eigenvalue weighted by molar-refractivity contribution is 1.11. The first-order valence-corrected chi connectivity index (χ1v) is 8.95. The van der Waals surface area contributed by atoms with Crippen LogP contribution < -0.4 is 0 Å². The molecule has 0 aliphatic carbocycles. The quantitative estimate of drug-likeness (QED) is 0.422. The van der Waals surface area contributed by atoms with Crippen LogP contribution in [0.2, 0.25) is 0 Å². The summed E-state index contributed by atoms with van der Waals surface area (Å²) in [5.41, 5.74) is 3.72. The predicted octanol–water partition coefficient (Wildman–Crippen LogP) is 3.44. The zero-order valence-electron chi connectivity index (χ0n) is 15.4. The minimum absolute atomic E-state index is 0.101. The molecule has 138 valence electrons. The molecule has 30 heavy (non-hydrogen) atoms. The van der Waals surface area contributed by atoms with Gasteiger partial charge in [0.05, 0.1) is 11.4 Å². The highest BCUT2D eigenvalue weighted by molar-refractivity contribution is 5.86. The number of nitriles is 2. The smallest absolute Gasteiger partial charge is 0.201 e. The fourth-order valence-electron chi connectivity index (χ4n) is 3.09. The summed E-state index contributed by atoms with van der Waals surface area (Å²) in [7, 11) is 0. The molecule has 0 saturated carbocycles. The summed E-state index contributed by atoms with van der Waals surface area (Å²) in [4.78, 5) is 26.5. The summed E-state index contributed by atoms with van der Waals surface area (Å²) in [5.74, 6) is 0. The van der Waals surface area contributed by atoms with Gasteiger partial charge in [-0.05, 0) is 0 Å². The van der Waals surface area contributed by atoms with Crippen LogP contribution in [0, 0.1) is 22.7 Å². The Labute approximate surface area is 170 Å². The van der Waals surface area contributed by atoms with E-state index in [0.29, 0.717) is 11.4 Å². The van der Waals surface area contributed by atoms with Crippen LogP contribution in [0.3, 0.4) is 0 Å². The number of benzene rings is 2. The Kier molecular flexibility index (Phi) is 4.02. The molecule has 0 aliphatic rings. The maximum Gasteiger partial charge on any atom is 0.201 e. The van der Waals surface area contributed by atoms with Crippen molar-refractivity contribution in [3.05, 3.63) is 72.1 Å². The Morgan fingerprint density at radius 1 is 0.467 bits per heavy atom. The summed E-state index contributed by atoms with van der Waals surface area (Å²) < 4.78 is 0. The van der Waals surface area contributed by atoms with Crippen LogP contribution in [-0.4, -0.2) is 29.9 Å². The second-order valence-electron chi connectivity index (χ2n) is 6.32. The van der Waals surface area contributed by atoms with Gasteiger partial charge >= 0.3 is 0 Å². The van der Waals surface area contributed by atoms with E-state index < -0.39 is 0 Å². The largest absolute Gasteiger partial charge is 0.223 e. The Morgan fingerprint density at radius 3 is 1.20 bits per heavy atom. The molecule has 0 atom stereocenters. The van der Waals surface area contributed by atoms with Gasteiger partial charge in [-0.2, -0.15) is 10.5 Å². The van der Waals surface area contributed by atoms with Crippen LogP contribution in [0.4, 0.5) is 0 Å². The lowest BCUT2D eigenvalue weighted by atomic mass is 10.0. The van der Waals surface area contributed by atoms with E-state index in [1.807, 2.05) is 72.8 Å². The molecule has 3 heterocycles. The van der Waals surface area contributed by atoms with E-state index in [1.54, 1.807) is 0 Å². The molecule has 0 saturated heterocycles. The monoisotopic (exact) mass is 386 g/mol. The number of hydrogen-bond acceptors (Lipinski definition) is 8. The molecular formula is C22H10N8. The van der Waals surface area contributed by atoms with Crippen molar-refractivity contribution < 1.29 is 0 Å². The molecule has 2 aromatic carbocycles. The van der Waals surface area contributed by atoms with E-state index in [-0.39, 0.29) is 34.0 Å². The van der Waals surface area contributed by atoms with Crippen molar-refractivity contribution in [3.63, 3.8) is 0 Å². The Bertz CT molecular complexity index is 1380. The molecule has 0 fully saturated rings. The van der Waals surface area contributed by atoms with Gasteiger partial charge in [0, 0.05) is 11.1 Å². The normalized spacial score (nSPS) is 10.6. The first-order chi connectivity index (χ1) is 14.8. The molecular weight excluding hydrogens is 376 g/mol. The SMILES string of the molecule is N#Cc1nc2nc3nc(-c4ccccc4)c(-c4ccccc4)nc3nc2nc1C#N. The van der Waals surface area contributed by atoms with Crippen LogP contribution in [0.5, 0.6) is 0 Å². The minimum atomic E-state index is -0.101. The molecule has 5 rings (SSSR count). The average Bonchev–Trinajstić information content (AvgIpc) is 2.82. The molecule has 0 unspecified atom stereocenters. The fraction of sp³-hybridized carbons (Fsp3) is 0. The van der Waals surface area contributed by atoms with Gasteiger partial charge in [0.1, 0.15) is 12.1 Å². The van der Waals surface area contributed by atoms with Gasteiger partial charge in [-0.3, -0.25) is 0 Å². The van der Waals surface area contributed by atoms with Crippen LogP contribution in [0.25, 0.3) is 45.1 Å². The van der Waals surface area contributed by atoms with Crippen molar-refractivity contribution >= 4 is 22.6 Å². The Morgan fingerprint density at radius 2 is 0.833 bits per heavy atom. The van der Waals surface area contributed by atoms with Crippen LogP contribution in [0.1, 0.15) is 11.4 Å². The Balaban J connectivity index is 1.84. The molecule has 5 aromatic rings. The molecule has 0 amide bonds. The number of aromatic nitrogens is 6. The number of rotatable bonds is 2. The minimum Gasteiger partial charge on any atom is -0.223 e. The van der Waals surface area contributed by atoms with Crippen LogP contribution >= 0.6 is 0 Å². The third-order valence-electron chi connectivity index (χ3n) is 4.45. The summed E-state index contributed by atoms with van der Waals surface area (Å²) >= 11 is 0. The third kappa shape index (κ3) is 2.86. The highest BCUT2D eigenvalue weighted by Crippen LogP contribution is 2.30. The van der Waals surface area contributed by atoms with Gasteiger partial charge in [-0.25, -0.2) is 29.9 Å². The summed E-state index contributed by atoms with van der Waals surface area (Å²) in [6.45, 7) is 0. The molecule has 0 N–H and O–H groups in total. The van der Waals surface area contributed by atoms with Crippen molar-refractivity contribution in [1.29, 1.82) is 10.5 Å². The lowest BCUT2D eigenvalue weighted by Crippen LogP contribution is -2.03. The standard InChI is InChI=1S/C22H10N8/c23-11-15-16(12-24)26-20-19(25-15)29-21-22(30-20)28-18(14-9-5-2-6-10-14)17(27-21)13-7-3-1-4-8-13/h1-10H. The fourth-order valence-corrected chi connectivity index (χ4v) is 3.09. The van der Waals surface area contributed by atoms with E-state index in [9.17, 15) is 10.5 Å². The van der Waals surface area contributed by atoms with E-state index in [2.05, 4.69) is 19.9 Å². The summed E-state index contributed by atoms with van der Waals surface area (Å²) in [6, 6.07) is 23.1. The third-order valence-corrected chi connectivity index (χ3v) is 4.45. The van der Waals surface area contributed by atoms with Gasteiger partial charge < -0.3 is 0 Å². The first-order valence-electron chi connectivity index (χ1n) is 8.95. The summed E-state index contributed by atoms with van der Waals surface area (Å²) in [5, 5.41) is 18.4. The van der Waals surface area contributed by atoms with Gasteiger partial charge in [0.15, 0.2) is 11.4 Å². The van der Waals surface area contributed by atoms with Crippen molar-refractivity contribution in [3.8, 4) is 34.7 Å². The Hall–Kier alpha value is -4.82. The average molecular weight is 386 g/mol. The molecule has 8 nitrogen and oxygen atoms in total. The predicted molar refractivity (Wildman–Crippen MR) is 109 cm³/mol. The van der Waals surface area contributed by atoms with Crippen LogP contribution in [-0.2, 0) is 0 Å². The second-order valence-corrected chi connectivity index (χ2v) is 6.32. The van der Waals surface area contributed by atoms with E-state index in [0.717, 1.165) is 11.1 Å². The highest BCUT2D eigenvalue weighted by Gasteiger charge is 2.17. The van der Waals surface area contributed by atoms with E-state index in [4.69, 9.17) is 9.97 Å². The highest BCUT2D eigenvalue weighted by atomic mass is 15.1. The van der Waals surface area contributed by atoms with Crippen molar-refractivity contribution in [2.24, 2.45) is 0 Å². The zero-order chi connectivity index (χ0) is 20.5. The van der Waals surface area contributed by atoms with Gasteiger partial charge in [0.25, 0.3) is 0 Å². The summed E-state index contributed by atoms with van der Waals surface area (Å²) in [6.07, 6.45) is 0. The van der Waals surface area contributed by atoms with Crippen molar-refractivity contribution in [1.82, 2.24) is 29.9 Å². The van der Waals surface area contributed by atoms with Gasteiger partial charge in [-0.1, -0.05) is 60.7 Å². The lowest BCUT2D eigenvalue weighted by Gasteiger charge is -2.10. The molecule has 0 spiro atoms. The molecule has 3 aromatic heterocycles. The number of nitrogens with zero attached hydrogens (tertiary/aromatic N) is 8. The number of hydrogen-bond donors (Lipinski definition) is 0. The van der Waals surface area contributed by atoms with Gasteiger partial charge in [0.2, 0.25) is 22.6 Å². The second kappa shape index (κ2) is 6.97. The molecule has 0 radical (unpaired) electrons. The van der Waals surface area contributed by atoms with Gasteiger partial charge in [-0.15, -0.1) is 0 Å². The van der Waals surface area contributed by atoms with E-state index in [1.165, 1.54) is 0 Å². The van der Waals surface area contributed by atoms with Crippen molar-refractivity contribution in [2.45, 2.75) is 0 Å². The maximum atomic E-state index is 9.20. The number of fused-ring (bicyclic) bond motifs is 2. The molecule has 8 heteroatoms. The van der Waals surface area contributed by atoms with Crippen molar-refractivity contribution in [2.75, 3.05) is 0 Å². The first kappa shape index (κ1) is 17.3. The topological polar surface area (TPSA) is 125 Å². The maximum absolute atomic E-state index is 9.20. The van der Waals surface area contributed by atoms with E-state index >= 15 is 0 Å². The molecule has 0 bridgehead atoms. The van der Waals surface area contributed by atoms with Crippen LogP contribution in [0.15, 0.2) is 60.7 Å². The molecule has 0 aliphatic heterocycles.